The summed E-state index contributed by atoms with van der Waals surface area (Å²) in [5.41, 5.74) is 3.79. The van der Waals surface area contributed by atoms with Crippen molar-refractivity contribution in [1.29, 1.82) is 0 Å². The summed E-state index contributed by atoms with van der Waals surface area (Å²) < 4.78 is 5.31. The topological polar surface area (TPSA) is 83.3 Å². The molecule has 0 atom stereocenters. The Balaban J connectivity index is 1.67. The minimum absolute atomic E-state index is 0.115. The molecular formula is C16H16N4O2S2. The Morgan fingerprint density at radius 3 is 3.17 bits per heavy atom. The van der Waals surface area contributed by atoms with Crippen LogP contribution in [0.5, 0.6) is 0 Å². The maximum atomic E-state index is 12.5. The number of thioether (sulfide) groups is 1. The molecule has 0 saturated carbocycles. The average molecular weight is 360 g/mol. The van der Waals surface area contributed by atoms with Crippen LogP contribution in [-0.2, 0) is 12.2 Å². The van der Waals surface area contributed by atoms with Crippen LogP contribution < -0.4 is 11.0 Å². The molecule has 0 radical (unpaired) electrons. The van der Waals surface area contributed by atoms with E-state index in [1.165, 1.54) is 11.1 Å². The normalized spacial score (nSPS) is 16.6. The molecule has 0 bridgehead atoms. The Kier molecular flexibility index (Phi) is 3.73. The lowest BCUT2D eigenvalue weighted by molar-refractivity contribution is 0.560. The molecule has 8 heteroatoms. The molecule has 2 N–H and O–H groups in total. The van der Waals surface area contributed by atoms with Crippen LogP contribution in [0.15, 0.2) is 32.7 Å². The highest BCUT2D eigenvalue weighted by Gasteiger charge is 2.30. The molecule has 24 heavy (non-hydrogen) atoms. The van der Waals surface area contributed by atoms with Gasteiger partial charge < -0.3 is 4.42 Å². The standard InChI is InChI=1S/C16H16N4O2S2/c1-16(2)6-10-11(8-23-16)24-14-12(10)13(21)18-15(19-14)20-17-7-9-4-3-5-22-9/h3-5,7H,6,8H2,1-2H3,(H2,18,19,20,21). The number of hydrogen-bond donors (Lipinski definition) is 2. The first kappa shape index (κ1) is 15.5. The molecule has 0 amide bonds. The van der Waals surface area contributed by atoms with Crippen LogP contribution in [0.2, 0.25) is 0 Å². The number of furan rings is 1. The maximum Gasteiger partial charge on any atom is 0.261 e. The van der Waals surface area contributed by atoms with Gasteiger partial charge in [-0.15, -0.1) is 23.1 Å². The quantitative estimate of drug-likeness (QED) is 0.551. The first-order valence-corrected chi connectivity index (χ1v) is 9.33. The van der Waals surface area contributed by atoms with Crippen molar-refractivity contribution in [1.82, 2.24) is 9.97 Å². The van der Waals surface area contributed by atoms with Gasteiger partial charge in [0.2, 0.25) is 5.95 Å². The number of hydrazone groups is 1. The smallest absolute Gasteiger partial charge is 0.261 e. The monoisotopic (exact) mass is 360 g/mol. The van der Waals surface area contributed by atoms with E-state index in [0.717, 1.165) is 28.0 Å². The molecule has 0 fully saturated rings. The van der Waals surface area contributed by atoms with Crippen molar-refractivity contribution in [2.24, 2.45) is 5.10 Å². The molecule has 4 rings (SSSR count). The summed E-state index contributed by atoms with van der Waals surface area (Å²) in [5, 5.41) is 4.76. The van der Waals surface area contributed by atoms with Crippen molar-refractivity contribution >= 4 is 45.5 Å². The van der Waals surface area contributed by atoms with Crippen LogP contribution in [0, 0.1) is 0 Å². The van der Waals surface area contributed by atoms with Crippen LogP contribution in [0.3, 0.4) is 0 Å². The first-order chi connectivity index (χ1) is 11.5. The van der Waals surface area contributed by atoms with E-state index in [0.29, 0.717) is 11.7 Å². The second-order valence-electron chi connectivity index (χ2n) is 6.21. The molecule has 0 saturated heterocycles. The third-order valence-corrected chi connectivity index (χ3v) is 6.51. The van der Waals surface area contributed by atoms with Gasteiger partial charge in [0.25, 0.3) is 5.56 Å². The molecule has 0 unspecified atom stereocenters. The van der Waals surface area contributed by atoms with Gasteiger partial charge in [-0.3, -0.25) is 9.78 Å². The summed E-state index contributed by atoms with van der Waals surface area (Å²) in [4.78, 5) is 21.8. The van der Waals surface area contributed by atoms with Crippen molar-refractivity contribution in [2.45, 2.75) is 30.8 Å². The second-order valence-corrected chi connectivity index (χ2v) is 8.98. The molecule has 3 aromatic rings. The highest BCUT2D eigenvalue weighted by atomic mass is 32.2. The number of H-pyrrole nitrogens is 1. The maximum absolute atomic E-state index is 12.5. The molecule has 3 aromatic heterocycles. The van der Waals surface area contributed by atoms with Crippen molar-refractivity contribution < 1.29 is 4.42 Å². The number of thiophene rings is 1. The number of hydrogen-bond acceptors (Lipinski definition) is 7. The Morgan fingerprint density at radius 1 is 1.50 bits per heavy atom. The average Bonchev–Trinajstić information content (AvgIpc) is 3.13. The van der Waals surface area contributed by atoms with Gasteiger partial charge in [-0.05, 0) is 24.1 Å². The molecule has 1 aliphatic rings. The van der Waals surface area contributed by atoms with Gasteiger partial charge in [0.1, 0.15) is 10.6 Å². The lowest BCUT2D eigenvalue weighted by atomic mass is 10.00. The largest absolute Gasteiger partial charge is 0.463 e. The van der Waals surface area contributed by atoms with Gasteiger partial charge in [0.05, 0.1) is 17.9 Å². The SMILES string of the molecule is CC1(C)Cc2c(sc3nc(NN=Cc4ccco4)[nH]c(=O)c23)CS1. The van der Waals surface area contributed by atoms with Crippen LogP contribution in [0.25, 0.3) is 10.2 Å². The van der Waals surface area contributed by atoms with E-state index in [-0.39, 0.29) is 10.3 Å². The summed E-state index contributed by atoms with van der Waals surface area (Å²) in [5.74, 6) is 1.89. The number of rotatable bonds is 3. The van der Waals surface area contributed by atoms with E-state index in [9.17, 15) is 4.79 Å². The van der Waals surface area contributed by atoms with Crippen molar-refractivity contribution in [3.8, 4) is 0 Å². The van der Waals surface area contributed by atoms with Crippen LogP contribution in [0.1, 0.15) is 30.0 Å². The fourth-order valence-electron chi connectivity index (χ4n) is 2.73. The number of fused-ring (bicyclic) bond motifs is 3. The fourth-order valence-corrected chi connectivity index (χ4v) is 5.07. The number of nitrogens with zero attached hydrogens (tertiary/aromatic N) is 2. The predicted octanol–water partition coefficient (Wildman–Crippen LogP) is 3.59. The third kappa shape index (κ3) is 2.87. The fraction of sp³-hybridized carbons (Fsp3) is 0.312. The summed E-state index contributed by atoms with van der Waals surface area (Å²) in [6.07, 6.45) is 3.99. The lowest BCUT2D eigenvalue weighted by Crippen LogP contribution is -2.23. The van der Waals surface area contributed by atoms with Crippen LogP contribution in [0.4, 0.5) is 5.95 Å². The Hall–Kier alpha value is -2.06. The Labute approximate surface area is 146 Å². The number of aromatic nitrogens is 2. The van der Waals surface area contributed by atoms with E-state index < -0.39 is 0 Å². The zero-order valence-corrected chi connectivity index (χ0v) is 14.9. The van der Waals surface area contributed by atoms with E-state index in [1.54, 1.807) is 29.7 Å². The number of anilines is 1. The van der Waals surface area contributed by atoms with E-state index in [4.69, 9.17) is 4.42 Å². The molecule has 0 aromatic carbocycles. The Morgan fingerprint density at radius 2 is 2.38 bits per heavy atom. The minimum Gasteiger partial charge on any atom is -0.463 e. The second kappa shape index (κ2) is 5.78. The molecule has 0 spiro atoms. The van der Waals surface area contributed by atoms with E-state index >= 15 is 0 Å². The lowest BCUT2D eigenvalue weighted by Gasteiger charge is -2.28. The van der Waals surface area contributed by atoms with Gasteiger partial charge in [-0.1, -0.05) is 13.8 Å². The zero-order chi connectivity index (χ0) is 16.7. The molecular weight excluding hydrogens is 344 g/mol. The van der Waals surface area contributed by atoms with Crippen LogP contribution >= 0.6 is 23.1 Å². The van der Waals surface area contributed by atoms with Gasteiger partial charge >= 0.3 is 0 Å². The summed E-state index contributed by atoms with van der Waals surface area (Å²) in [6, 6.07) is 3.57. The molecule has 4 heterocycles. The van der Waals surface area contributed by atoms with E-state index in [1.807, 2.05) is 11.8 Å². The highest BCUT2D eigenvalue weighted by molar-refractivity contribution is 8.00. The van der Waals surface area contributed by atoms with Crippen molar-refractivity contribution in [3.05, 3.63) is 45.0 Å². The third-order valence-electron chi connectivity index (χ3n) is 3.85. The van der Waals surface area contributed by atoms with Gasteiger partial charge in [0, 0.05) is 15.4 Å². The van der Waals surface area contributed by atoms with E-state index in [2.05, 4.69) is 34.3 Å². The minimum atomic E-state index is -0.115. The zero-order valence-electron chi connectivity index (χ0n) is 13.3. The summed E-state index contributed by atoms with van der Waals surface area (Å²) >= 11 is 3.52. The first-order valence-electron chi connectivity index (χ1n) is 7.53. The molecule has 124 valence electrons. The predicted molar refractivity (Wildman–Crippen MR) is 99.2 cm³/mol. The number of aromatic amines is 1. The van der Waals surface area contributed by atoms with Gasteiger partial charge in [-0.2, -0.15) is 5.10 Å². The van der Waals surface area contributed by atoms with Crippen LogP contribution in [-0.4, -0.2) is 20.9 Å². The molecule has 1 aliphatic heterocycles. The van der Waals surface area contributed by atoms with Crippen molar-refractivity contribution in [3.63, 3.8) is 0 Å². The summed E-state index contributed by atoms with van der Waals surface area (Å²) in [6.45, 7) is 4.43. The Bertz CT molecular complexity index is 970. The van der Waals surface area contributed by atoms with Crippen molar-refractivity contribution in [2.75, 3.05) is 5.43 Å². The van der Waals surface area contributed by atoms with Gasteiger partial charge in [0.15, 0.2) is 0 Å². The molecule has 6 nitrogen and oxygen atoms in total. The number of nitrogens with one attached hydrogen (secondary N) is 2. The highest BCUT2D eigenvalue weighted by Crippen LogP contribution is 2.43. The summed E-state index contributed by atoms with van der Waals surface area (Å²) in [7, 11) is 0. The molecule has 0 aliphatic carbocycles. The van der Waals surface area contributed by atoms with Gasteiger partial charge in [-0.25, -0.2) is 10.4 Å².